The average molecular weight is 260 g/mol. The molecule has 4 aliphatic rings. The Hall–Kier alpha value is -0.900. The largest absolute Gasteiger partial charge is 0.313 e. The van der Waals surface area contributed by atoms with Crippen LogP contribution >= 0.6 is 0 Å². The van der Waals surface area contributed by atoms with Crippen LogP contribution in [0.2, 0.25) is 0 Å². The SMILES string of the molecule is Cn1cnc(CCNC2C3CC4CC(C3)CC2C4)n1. The Bertz CT molecular complexity index is 425. The van der Waals surface area contributed by atoms with Crippen molar-refractivity contribution in [2.45, 2.75) is 44.6 Å². The summed E-state index contributed by atoms with van der Waals surface area (Å²) >= 11 is 0. The van der Waals surface area contributed by atoms with Gasteiger partial charge in [0.25, 0.3) is 0 Å². The van der Waals surface area contributed by atoms with Gasteiger partial charge in [-0.2, -0.15) is 5.10 Å². The van der Waals surface area contributed by atoms with Crippen molar-refractivity contribution < 1.29 is 0 Å². The molecule has 0 saturated heterocycles. The Balaban J connectivity index is 1.33. The second-order valence-electron chi connectivity index (χ2n) is 7.00. The highest BCUT2D eigenvalue weighted by molar-refractivity contribution is 5.01. The maximum Gasteiger partial charge on any atom is 0.151 e. The van der Waals surface area contributed by atoms with E-state index in [1.165, 1.54) is 32.1 Å². The van der Waals surface area contributed by atoms with Gasteiger partial charge in [-0.25, -0.2) is 4.98 Å². The number of hydrogen-bond acceptors (Lipinski definition) is 3. The lowest BCUT2D eigenvalue weighted by Gasteiger charge is -2.54. The molecule has 4 heteroatoms. The summed E-state index contributed by atoms with van der Waals surface area (Å²) in [5, 5.41) is 8.18. The number of rotatable bonds is 4. The lowest BCUT2D eigenvalue weighted by molar-refractivity contribution is -0.0134. The maximum absolute atomic E-state index is 4.35. The van der Waals surface area contributed by atoms with Crippen LogP contribution in [0.3, 0.4) is 0 Å². The third-order valence-electron chi connectivity index (χ3n) is 5.60. The van der Waals surface area contributed by atoms with Crippen molar-refractivity contribution in [1.82, 2.24) is 20.1 Å². The fourth-order valence-electron chi connectivity index (χ4n) is 5.11. The molecule has 0 aromatic carbocycles. The van der Waals surface area contributed by atoms with Gasteiger partial charge in [-0.05, 0) is 55.8 Å². The Morgan fingerprint density at radius 2 is 1.84 bits per heavy atom. The summed E-state index contributed by atoms with van der Waals surface area (Å²) in [6.45, 7) is 1.04. The quantitative estimate of drug-likeness (QED) is 0.897. The van der Waals surface area contributed by atoms with E-state index in [-0.39, 0.29) is 0 Å². The van der Waals surface area contributed by atoms with E-state index in [4.69, 9.17) is 0 Å². The van der Waals surface area contributed by atoms with Crippen LogP contribution in [0.5, 0.6) is 0 Å². The van der Waals surface area contributed by atoms with Crippen LogP contribution in [0.4, 0.5) is 0 Å². The Labute approximate surface area is 115 Å². The lowest BCUT2D eigenvalue weighted by atomic mass is 9.54. The van der Waals surface area contributed by atoms with Gasteiger partial charge in [0.05, 0.1) is 0 Å². The maximum atomic E-state index is 4.35. The molecule has 0 radical (unpaired) electrons. The summed E-state index contributed by atoms with van der Waals surface area (Å²) in [5.41, 5.74) is 0. The van der Waals surface area contributed by atoms with Crippen LogP contribution in [0.25, 0.3) is 0 Å². The number of hydrogen-bond donors (Lipinski definition) is 1. The summed E-state index contributed by atoms with van der Waals surface area (Å²) in [5.74, 6) is 5.04. The van der Waals surface area contributed by atoms with E-state index < -0.39 is 0 Å². The van der Waals surface area contributed by atoms with Crippen molar-refractivity contribution in [2.24, 2.45) is 30.7 Å². The van der Waals surface area contributed by atoms with Crippen molar-refractivity contribution >= 4 is 0 Å². The first kappa shape index (κ1) is 11.9. The number of nitrogens with zero attached hydrogens (tertiary/aromatic N) is 3. The predicted octanol–water partition coefficient (Wildman–Crippen LogP) is 1.77. The first-order valence-electron chi connectivity index (χ1n) is 7.86. The molecule has 0 amide bonds. The molecular formula is C15H24N4. The van der Waals surface area contributed by atoms with Gasteiger partial charge >= 0.3 is 0 Å². The predicted molar refractivity (Wildman–Crippen MR) is 73.5 cm³/mol. The molecule has 4 saturated carbocycles. The number of aromatic nitrogens is 3. The summed E-state index contributed by atoms with van der Waals surface area (Å²) in [6, 6.07) is 0.788. The van der Waals surface area contributed by atoms with Crippen LogP contribution in [-0.4, -0.2) is 27.4 Å². The fraction of sp³-hybridized carbons (Fsp3) is 0.867. The number of nitrogens with one attached hydrogen (secondary N) is 1. The minimum atomic E-state index is 0.788. The van der Waals surface area contributed by atoms with Crippen LogP contribution in [-0.2, 0) is 13.5 Å². The Morgan fingerprint density at radius 1 is 1.16 bits per heavy atom. The standard InChI is InChI=1S/C15H24N4/c1-19-9-17-14(18-19)2-3-16-15-12-5-10-4-11(7-12)8-13(15)6-10/h9-13,15-16H,2-8H2,1H3. The molecule has 4 nitrogen and oxygen atoms in total. The van der Waals surface area contributed by atoms with E-state index in [0.29, 0.717) is 0 Å². The Kier molecular flexibility index (Phi) is 2.87. The van der Waals surface area contributed by atoms with Crippen LogP contribution in [0.1, 0.15) is 37.9 Å². The summed E-state index contributed by atoms with van der Waals surface area (Å²) < 4.78 is 1.79. The molecular weight excluding hydrogens is 236 g/mol. The van der Waals surface area contributed by atoms with E-state index >= 15 is 0 Å². The molecule has 4 aliphatic carbocycles. The number of aryl methyl sites for hydroxylation is 1. The summed E-state index contributed by atoms with van der Waals surface area (Å²) in [7, 11) is 1.93. The van der Waals surface area contributed by atoms with Gasteiger partial charge in [0, 0.05) is 26.1 Å². The van der Waals surface area contributed by atoms with E-state index in [1.807, 2.05) is 7.05 Å². The van der Waals surface area contributed by atoms with Crippen molar-refractivity contribution in [1.29, 1.82) is 0 Å². The van der Waals surface area contributed by atoms with Gasteiger partial charge in [-0.1, -0.05) is 0 Å². The summed E-state index contributed by atoms with van der Waals surface area (Å²) in [4.78, 5) is 4.30. The lowest BCUT2D eigenvalue weighted by Crippen LogP contribution is -2.54. The van der Waals surface area contributed by atoms with Gasteiger partial charge in [0.1, 0.15) is 6.33 Å². The molecule has 0 spiro atoms. The normalized spacial score (nSPS) is 39.9. The van der Waals surface area contributed by atoms with Crippen LogP contribution in [0.15, 0.2) is 6.33 Å². The zero-order chi connectivity index (χ0) is 12.8. The molecule has 4 bridgehead atoms. The highest BCUT2D eigenvalue weighted by Crippen LogP contribution is 2.53. The summed E-state index contributed by atoms with van der Waals surface area (Å²) in [6.07, 6.45) is 10.3. The van der Waals surface area contributed by atoms with Crippen LogP contribution < -0.4 is 5.32 Å². The molecule has 1 aromatic heterocycles. The molecule has 104 valence electrons. The molecule has 0 aliphatic heterocycles. The molecule has 1 N–H and O–H groups in total. The van der Waals surface area contributed by atoms with Gasteiger partial charge in [0.2, 0.25) is 0 Å². The molecule has 1 aromatic rings. The van der Waals surface area contributed by atoms with Crippen LogP contribution in [0, 0.1) is 23.7 Å². The van der Waals surface area contributed by atoms with Crippen molar-refractivity contribution in [3.63, 3.8) is 0 Å². The Morgan fingerprint density at radius 3 is 2.42 bits per heavy atom. The van der Waals surface area contributed by atoms with E-state index in [1.54, 1.807) is 11.0 Å². The van der Waals surface area contributed by atoms with Gasteiger partial charge in [0.15, 0.2) is 5.82 Å². The highest BCUT2D eigenvalue weighted by Gasteiger charge is 2.47. The van der Waals surface area contributed by atoms with Gasteiger partial charge < -0.3 is 5.32 Å². The van der Waals surface area contributed by atoms with E-state index in [2.05, 4.69) is 15.4 Å². The molecule has 4 fully saturated rings. The molecule has 0 atom stereocenters. The minimum absolute atomic E-state index is 0.788. The monoisotopic (exact) mass is 260 g/mol. The zero-order valence-corrected chi connectivity index (χ0v) is 11.8. The third-order valence-corrected chi connectivity index (χ3v) is 5.60. The van der Waals surface area contributed by atoms with Crippen molar-refractivity contribution in [3.05, 3.63) is 12.2 Å². The highest BCUT2D eigenvalue weighted by atomic mass is 15.3. The topological polar surface area (TPSA) is 42.7 Å². The first-order chi connectivity index (χ1) is 9.28. The fourth-order valence-corrected chi connectivity index (χ4v) is 5.11. The van der Waals surface area contributed by atoms with E-state index in [9.17, 15) is 0 Å². The average Bonchev–Trinajstić information content (AvgIpc) is 2.78. The van der Waals surface area contributed by atoms with E-state index in [0.717, 1.165) is 48.5 Å². The second-order valence-corrected chi connectivity index (χ2v) is 7.00. The van der Waals surface area contributed by atoms with Crippen molar-refractivity contribution in [2.75, 3.05) is 6.54 Å². The van der Waals surface area contributed by atoms with Gasteiger partial charge in [-0.3, -0.25) is 4.68 Å². The molecule has 5 rings (SSSR count). The second kappa shape index (κ2) is 4.58. The molecule has 19 heavy (non-hydrogen) atoms. The smallest absolute Gasteiger partial charge is 0.151 e. The van der Waals surface area contributed by atoms with Crippen molar-refractivity contribution in [3.8, 4) is 0 Å². The molecule has 0 unspecified atom stereocenters. The third kappa shape index (κ3) is 2.20. The molecule has 1 heterocycles. The zero-order valence-electron chi connectivity index (χ0n) is 11.8. The van der Waals surface area contributed by atoms with Gasteiger partial charge in [-0.15, -0.1) is 0 Å². The minimum Gasteiger partial charge on any atom is -0.313 e. The first-order valence-corrected chi connectivity index (χ1v) is 7.86.